The number of nitrogens with two attached hydrogens (primary N) is 1. The summed E-state index contributed by atoms with van der Waals surface area (Å²) in [7, 11) is -3.38. The molecule has 0 saturated heterocycles. The lowest BCUT2D eigenvalue weighted by Gasteiger charge is -2.08. The number of hydrogen-bond donors (Lipinski definition) is 2. The van der Waals surface area contributed by atoms with Crippen molar-refractivity contribution in [1.29, 1.82) is 0 Å². The highest BCUT2D eigenvalue weighted by atomic mass is 32.2. The number of anilines is 1. The zero-order valence-electron chi connectivity index (χ0n) is 12.1. The molecule has 0 unspecified atom stereocenters. The van der Waals surface area contributed by atoms with Gasteiger partial charge in [-0.3, -0.25) is 4.79 Å². The van der Waals surface area contributed by atoms with Crippen LogP contribution in [0.2, 0.25) is 0 Å². The number of benzene rings is 1. The first kappa shape index (κ1) is 15.6. The molecule has 1 aromatic carbocycles. The summed E-state index contributed by atoms with van der Waals surface area (Å²) in [5, 5.41) is 2.80. The van der Waals surface area contributed by atoms with Crippen LogP contribution in [-0.4, -0.2) is 27.1 Å². The number of sulfone groups is 1. The van der Waals surface area contributed by atoms with Crippen molar-refractivity contribution in [1.82, 2.24) is 5.32 Å². The maximum atomic E-state index is 12.1. The van der Waals surface area contributed by atoms with Gasteiger partial charge in [0.15, 0.2) is 9.84 Å². The van der Waals surface area contributed by atoms with Gasteiger partial charge in [0.1, 0.15) is 0 Å². The van der Waals surface area contributed by atoms with Crippen LogP contribution in [0.5, 0.6) is 0 Å². The predicted molar refractivity (Wildman–Crippen MR) is 82.8 cm³/mol. The normalized spacial score (nSPS) is 14.8. The Balaban J connectivity index is 2.03. The van der Waals surface area contributed by atoms with Crippen molar-refractivity contribution in [3.63, 3.8) is 0 Å². The average molecular weight is 308 g/mol. The maximum Gasteiger partial charge on any atom is 0.251 e. The van der Waals surface area contributed by atoms with Crippen molar-refractivity contribution < 1.29 is 13.2 Å². The predicted octanol–water partition coefficient (Wildman–Crippen LogP) is 1.90. The molecule has 0 fully saturated rings. The van der Waals surface area contributed by atoms with E-state index in [4.69, 9.17) is 5.73 Å². The molecule has 0 atom stereocenters. The van der Waals surface area contributed by atoms with Crippen LogP contribution >= 0.6 is 0 Å². The highest BCUT2D eigenvalue weighted by Gasteiger charge is 2.13. The molecule has 1 amide bonds. The Morgan fingerprint density at radius 2 is 2.10 bits per heavy atom. The Kier molecular flexibility index (Phi) is 4.67. The van der Waals surface area contributed by atoms with Crippen LogP contribution in [0.15, 0.2) is 34.7 Å². The Hall–Kier alpha value is -1.82. The van der Waals surface area contributed by atoms with Crippen molar-refractivity contribution in [2.75, 3.05) is 18.5 Å². The quantitative estimate of drug-likeness (QED) is 0.642. The van der Waals surface area contributed by atoms with Crippen LogP contribution in [0.4, 0.5) is 5.69 Å². The summed E-state index contributed by atoms with van der Waals surface area (Å²) in [5.74, 6) is -0.300. The van der Waals surface area contributed by atoms with Gasteiger partial charge in [0, 0.05) is 24.1 Å². The summed E-state index contributed by atoms with van der Waals surface area (Å²) >= 11 is 0. The van der Waals surface area contributed by atoms with Gasteiger partial charge in [-0.25, -0.2) is 8.42 Å². The number of allylic oxidation sites excluding steroid dienone is 1. The van der Waals surface area contributed by atoms with E-state index in [2.05, 4.69) is 11.4 Å². The molecule has 21 heavy (non-hydrogen) atoms. The van der Waals surface area contributed by atoms with E-state index in [-0.39, 0.29) is 22.1 Å². The second-order valence-corrected chi connectivity index (χ2v) is 7.34. The van der Waals surface area contributed by atoms with Gasteiger partial charge in [-0.1, -0.05) is 11.6 Å². The van der Waals surface area contributed by atoms with E-state index in [1.54, 1.807) is 0 Å². The molecule has 5 nitrogen and oxygen atoms in total. The average Bonchev–Trinajstić information content (AvgIpc) is 2.90. The molecule has 1 aromatic rings. The number of carbonyl (C=O) groups is 1. The number of hydrogen-bond acceptors (Lipinski definition) is 4. The Bertz CT molecular complexity index is 678. The molecule has 0 radical (unpaired) electrons. The SMILES string of the molecule is CS(=O)(=O)c1cc(N)cc(C(=O)NCCC2=CCCC2)c1. The molecule has 0 saturated carbocycles. The number of amides is 1. The monoisotopic (exact) mass is 308 g/mol. The van der Waals surface area contributed by atoms with Crippen molar-refractivity contribution in [2.45, 2.75) is 30.6 Å². The summed E-state index contributed by atoms with van der Waals surface area (Å²) in [5.41, 5.74) is 7.58. The topological polar surface area (TPSA) is 89.3 Å². The molecule has 0 heterocycles. The smallest absolute Gasteiger partial charge is 0.251 e. The number of carbonyl (C=O) groups excluding carboxylic acids is 1. The van der Waals surface area contributed by atoms with Gasteiger partial charge in [-0.05, 0) is 43.9 Å². The van der Waals surface area contributed by atoms with Gasteiger partial charge in [-0.2, -0.15) is 0 Å². The van der Waals surface area contributed by atoms with Crippen molar-refractivity contribution in [3.8, 4) is 0 Å². The van der Waals surface area contributed by atoms with Crippen LogP contribution in [0.1, 0.15) is 36.0 Å². The molecule has 0 aliphatic heterocycles. The van der Waals surface area contributed by atoms with Gasteiger partial charge >= 0.3 is 0 Å². The van der Waals surface area contributed by atoms with E-state index in [9.17, 15) is 13.2 Å². The molecule has 1 aliphatic rings. The lowest BCUT2D eigenvalue weighted by Crippen LogP contribution is -2.25. The Morgan fingerprint density at radius 1 is 1.33 bits per heavy atom. The summed E-state index contributed by atoms with van der Waals surface area (Å²) in [6.45, 7) is 0.549. The first-order valence-corrected chi connectivity index (χ1v) is 8.82. The minimum absolute atomic E-state index is 0.0613. The van der Waals surface area contributed by atoms with E-state index in [0.717, 1.165) is 25.5 Å². The fraction of sp³-hybridized carbons (Fsp3) is 0.400. The molecule has 0 spiro atoms. The first-order valence-electron chi connectivity index (χ1n) is 6.93. The standard InChI is InChI=1S/C15H20N2O3S/c1-21(19,20)14-9-12(8-13(16)10-14)15(18)17-7-6-11-4-2-3-5-11/h4,8-10H,2-3,5-7,16H2,1H3,(H,17,18). The molecule has 0 aromatic heterocycles. The van der Waals surface area contributed by atoms with Crippen LogP contribution in [0.3, 0.4) is 0 Å². The van der Waals surface area contributed by atoms with Crippen LogP contribution in [0.25, 0.3) is 0 Å². The van der Waals surface area contributed by atoms with E-state index >= 15 is 0 Å². The third-order valence-electron chi connectivity index (χ3n) is 3.49. The largest absolute Gasteiger partial charge is 0.399 e. The minimum atomic E-state index is -3.38. The summed E-state index contributed by atoms with van der Waals surface area (Å²) in [4.78, 5) is 12.1. The Labute approximate surface area is 125 Å². The molecule has 3 N–H and O–H groups in total. The van der Waals surface area contributed by atoms with Gasteiger partial charge in [0.05, 0.1) is 4.90 Å². The van der Waals surface area contributed by atoms with E-state index in [1.807, 2.05) is 0 Å². The summed E-state index contributed by atoms with van der Waals surface area (Å²) in [6.07, 6.45) is 7.57. The third kappa shape index (κ3) is 4.32. The molecule has 1 aliphatic carbocycles. The van der Waals surface area contributed by atoms with E-state index < -0.39 is 9.84 Å². The lowest BCUT2D eigenvalue weighted by molar-refractivity contribution is 0.0954. The van der Waals surface area contributed by atoms with E-state index in [1.165, 1.54) is 30.2 Å². The van der Waals surface area contributed by atoms with Gasteiger partial charge < -0.3 is 11.1 Å². The molecular formula is C15H20N2O3S. The third-order valence-corrected chi connectivity index (χ3v) is 4.58. The minimum Gasteiger partial charge on any atom is -0.399 e. The highest BCUT2D eigenvalue weighted by molar-refractivity contribution is 7.90. The molecule has 2 rings (SSSR count). The van der Waals surface area contributed by atoms with Gasteiger partial charge in [0.25, 0.3) is 5.91 Å². The summed E-state index contributed by atoms with van der Waals surface area (Å²) in [6, 6.07) is 4.20. The van der Waals surface area contributed by atoms with Crippen molar-refractivity contribution in [3.05, 3.63) is 35.4 Å². The van der Waals surface area contributed by atoms with Crippen molar-refractivity contribution in [2.24, 2.45) is 0 Å². The van der Waals surface area contributed by atoms with Gasteiger partial charge in [-0.15, -0.1) is 0 Å². The first-order chi connectivity index (χ1) is 9.86. The van der Waals surface area contributed by atoms with Crippen molar-refractivity contribution >= 4 is 21.4 Å². The molecular weight excluding hydrogens is 288 g/mol. The molecule has 0 bridgehead atoms. The fourth-order valence-corrected chi connectivity index (χ4v) is 3.06. The van der Waals surface area contributed by atoms with E-state index in [0.29, 0.717) is 6.54 Å². The fourth-order valence-electron chi connectivity index (χ4n) is 2.37. The highest BCUT2D eigenvalue weighted by Crippen LogP contribution is 2.20. The zero-order chi connectivity index (χ0) is 15.5. The maximum absolute atomic E-state index is 12.1. The Morgan fingerprint density at radius 3 is 2.71 bits per heavy atom. The summed E-state index contributed by atoms with van der Waals surface area (Å²) < 4.78 is 23.1. The second-order valence-electron chi connectivity index (χ2n) is 5.32. The lowest BCUT2D eigenvalue weighted by atomic mass is 10.1. The zero-order valence-corrected chi connectivity index (χ0v) is 12.9. The number of nitrogen functional groups attached to an aromatic ring is 1. The number of nitrogens with one attached hydrogen (secondary N) is 1. The second kappa shape index (κ2) is 6.30. The molecule has 6 heteroatoms. The molecule has 114 valence electrons. The van der Waals surface area contributed by atoms with Crippen LogP contribution in [-0.2, 0) is 9.84 Å². The number of rotatable bonds is 5. The van der Waals surface area contributed by atoms with Crippen LogP contribution < -0.4 is 11.1 Å². The van der Waals surface area contributed by atoms with Gasteiger partial charge in [0.2, 0.25) is 0 Å². The van der Waals surface area contributed by atoms with Crippen LogP contribution in [0, 0.1) is 0 Å².